The number of aliphatic hydroxyl groups is 2. The van der Waals surface area contributed by atoms with Crippen LogP contribution in [-0.2, 0) is 17.8 Å². The zero-order valence-corrected chi connectivity index (χ0v) is 28.7. The molecule has 0 bridgehead atoms. The summed E-state index contributed by atoms with van der Waals surface area (Å²) in [6, 6.07) is 8.55. The maximum absolute atomic E-state index is 11.6. The molecule has 3 heterocycles. The van der Waals surface area contributed by atoms with Crippen LogP contribution in [0.4, 0.5) is 0 Å². The van der Waals surface area contributed by atoms with Gasteiger partial charge < -0.3 is 45.3 Å². The Kier molecular flexibility index (Phi) is 9.18. The maximum Gasteiger partial charge on any atom is 0.201 e. The molecule has 1 aromatic heterocycles. The van der Waals surface area contributed by atoms with Gasteiger partial charge in [0.05, 0.1) is 32.0 Å². The lowest BCUT2D eigenvalue weighted by Gasteiger charge is -2.46. The molecule has 9 heteroatoms. The van der Waals surface area contributed by atoms with E-state index in [1.165, 1.54) is 24.7 Å². The Bertz CT molecular complexity index is 1770. The van der Waals surface area contributed by atoms with Crippen molar-refractivity contribution in [2.24, 2.45) is 17.8 Å². The standard InChI is InChI=1S/C41H50N2O7/c1-49-41-31(14-22-11-13-42-20-22)38(32(21-44)39(47)40(41)48)37-19-35(46)28-9-7-24(18-36(28)50-37)23-8-10-34(45)30(15-23)27-6-2-4-25-17-33-26(16-29(25)27)5-3-12-43-33/h2,6,8,10-11,13,15-16,20,24-25,27-29,33,35-37,42-48H,3-5,7,9,12,14,17-19,21H2,1H3/t24-,25+,27-,28+,29-,33-,35+,36+,37+/m1/s1. The third-order valence-corrected chi connectivity index (χ3v) is 12.6. The van der Waals surface area contributed by atoms with Crippen molar-refractivity contribution in [2.45, 2.75) is 101 Å². The first kappa shape index (κ1) is 33.4. The molecule has 7 N–H and O–H groups in total. The van der Waals surface area contributed by atoms with Crippen LogP contribution in [0.25, 0.3) is 0 Å². The first-order chi connectivity index (χ1) is 24.3. The van der Waals surface area contributed by atoms with Gasteiger partial charge in [0.1, 0.15) is 5.75 Å². The molecule has 2 aliphatic heterocycles. The number of phenolic OH excluding ortho intramolecular Hbond substituents is 2. The van der Waals surface area contributed by atoms with Gasteiger partial charge in [0.25, 0.3) is 0 Å². The van der Waals surface area contributed by atoms with Crippen molar-refractivity contribution in [1.82, 2.24) is 10.3 Å². The molecule has 5 aliphatic rings. The average Bonchev–Trinajstić information content (AvgIpc) is 3.65. The van der Waals surface area contributed by atoms with Crippen molar-refractivity contribution >= 4 is 0 Å². The molecule has 2 aromatic carbocycles. The van der Waals surface area contributed by atoms with Crippen LogP contribution in [0.2, 0.25) is 0 Å². The molecular formula is C41H50N2O7. The van der Waals surface area contributed by atoms with Crippen molar-refractivity contribution in [3.63, 3.8) is 0 Å². The van der Waals surface area contributed by atoms with Gasteiger partial charge in [-0.1, -0.05) is 35.9 Å². The van der Waals surface area contributed by atoms with Gasteiger partial charge in [0.2, 0.25) is 5.75 Å². The lowest BCUT2D eigenvalue weighted by molar-refractivity contribution is -0.154. The van der Waals surface area contributed by atoms with Crippen LogP contribution in [0.1, 0.15) is 103 Å². The molecule has 266 valence electrons. The summed E-state index contributed by atoms with van der Waals surface area (Å²) < 4.78 is 12.5. The van der Waals surface area contributed by atoms with Crippen LogP contribution in [0.5, 0.6) is 23.0 Å². The number of aliphatic hydroxyl groups excluding tert-OH is 2. The fourth-order valence-corrected chi connectivity index (χ4v) is 10.1. The number of rotatable bonds is 7. The van der Waals surface area contributed by atoms with Gasteiger partial charge in [0.15, 0.2) is 11.5 Å². The number of fused-ring (bicyclic) bond motifs is 3. The summed E-state index contributed by atoms with van der Waals surface area (Å²) in [6.07, 6.45) is 17.0. The molecule has 0 spiro atoms. The third-order valence-electron chi connectivity index (χ3n) is 12.6. The number of piperidine rings is 1. The van der Waals surface area contributed by atoms with E-state index >= 15 is 0 Å². The highest BCUT2D eigenvalue weighted by Gasteiger charge is 2.45. The van der Waals surface area contributed by atoms with E-state index in [0.717, 1.165) is 49.8 Å². The quantitative estimate of drug-likeness (QED) is 0.113. The number of phenols is 3. The first-order valence-corrected chi connectivity index (χ1v) is 18.5. The highest BCUT2D eigenvalue weighted by Crippen LogP contribution is 2.53. The highest BCUT2D eigenvalue weighted by atomic mass is 16.5. The molecule has 50 heavy (non-hydrogen) atoms. The Labute approximate surface area is 293 Å². The molecule has 9 atom stereocenters. The van der Waals surface area contributed by atoms with E-state index in [4.69, 9.17) is 9.47 Å². The fraction of sp³-hybridized carbons (Fsp3) is 0.512. The molecule has 0 radical (unpaired) electrons. The van der Waals surface area contributed by atoms with E-state index in [2.05, 4.69) is 34.6 Å². The van der Waals surface area contributed by atoms with E-state index in [9.17, 15) is 25.5 Å². The number of hydrogen-bond donors (Lipinski definition) is 7. The second-order valence-electron chi connectivity index (χ2n) is 15.2. The molecule has 8 rings (SSSR count). The number of hydrogen-bond acceptors (Lipinski definition) is 8. The van der Waals surface area contributed by atoms with Crippen molar-refractivity contribution in [3.05, 3.63) is 93.8 Å². The van der Waals surface area contributed by atoms with E-state index in [0.29, 0.717) is 54.0 Å². The van der Waals surface area contributed by atoms with Gasteiger partial charge in [-0.2, -0.15) is 0 Å². The van der Waals surface area contributed by atoms with E-state index in [1.807, 2.05) is 30.6 Å². The summed E-state index contributed by atoms with van der Waals surface area (Å²) in [5, 5.41) is 58.9. The lowest BCUT2D eigenvalue weighted by Crippen LogP contribution is -2.44. The predicted molar refractivity (Wildman–Crippen MR) is 189 cm³/mol. The number of H-pyrrole nitrogens is 1. The average molecular weight is 683 g/mol. The largest absolute Gasteiger partial charge is 0.508 e. The van der Waals surface area contributed by atoms with E-state index < -0.39 is 30.3 Å². The summed E-state index contributed by atoms with van der Waals surface area (Å²) in [7, 11) is 1.44. The number of benzene rings is 2. The Balaban J connectivity index is 1.08. The molecule has 9 nitrogen and oxygen atoms in total. The molecular weight excluding hydrogens is 632 g/mol. The second-order valence-corrected chi connectivity index (χ2v) is 15.2. The van der Waals surface area contributed by atoms with Gasteiger partial charge in [-0.15, -0.1) is 0 Å². The predicted octanol–water partition coefficient (Wildman–Crippen LogP) is 6.36. The van der Waals surface area contributed by atoms with Crippen LogP contribution >= 0.6 is 0 Å². The fourth-order valence-electron chi connectivity index (χ4n) is 10.1. The molecule has 2 saturated heterocycles. The molecule has 1 saturated carbocycles. The number of aromatic hydroxyl groups is 3. The number of allylic oxidation sites excluding steroid dienone is 3. The molecule has 0 amide bonds. The molecule has 0 unspecified atom stereocenters. The number of ether oxygens (including phenoxy) is 2. The van der Waals surface area contributed by atoms with Crippen molar-refractivity contribution < 1.29 is 35.0 Å². The molecule has 3 fully saturated rings. The monoisotopic (exact) mass is 682 g/mol. The lowest BCUT2D eigenvalue weighted by atomic mass is 9.65. The molecule has 3 aromatic rings. The van der Waals surface area contributed by atoms with Gasteiger partial charge in [-0.3, -0.25) is 0 Å². The van der Waals surface area contributed by atoms with E-state index in [-0.39, 0.29) is 35.2 Å². The topological polar surface area (TPSA) is 147 Å². The number of aromatic nitrogens is 1. The summed E-state index contributed by atoms with van der Waals surface area (Å²) in [5.41, 5.74) is 6.01. The van der Waals surface area contributed by atoms with Crippen LogP contribution in [0.15, 0.2) is 60.5 Å². The van der Waals surface area contributed by atoms with Crippen molar-refractivity contribution in [2.75, 3.05) is 13.7 Å². The SMILES string of the molecule is COc1c(O)c(O)c(CO)c([C@@H]2C[C@H](O)[C@@H]3CC[C@@H](c4ccc(O)c([C@@H]5C=CC[C@H]6C[C@H]7NCCCC7=C[C@H]65)c4)C[C@@H]3O2)c1Cc1cc[nH]c1. The summed E-state index contributed by atoms with van der Waals surface area (Å²) in [6.45, 7) is 0.586. The maximum atomic E-state index is 11.6. The van der Waals surface area contributed by atoms with Crippen LogP contribution < -0.4 is 10.1 Å². The smallest absolute Gasteiger partial charge is 0.201 e. The van der Waals surface area contributed by atoms with Crippen LogP contribution in [0, 0.1) is 17.8 Å². The highest BCUT2D eigenvalue weighted by molar-refractivity contribution is 5.64. The number of methoxy groups -OCH3 is 1. The van der Waals surface area contributed by atoms with Crippen molar-refractivity contribution in [3.8, 4) is 23.0 Å². The Morgan fingerprint density at radius 3 is 2.70 bits per heavy atom. The zero-order chi connectivity index (χ0) is 34.5. The Morgan fingerprint density at radius 1 is 1.02 bits per heavy atom. The number of nitrogens with one attached hydrogen (secondary N) is 2. The zero-order valence-electron chi connectivity index (χ0n) is 28.7. The minimum absolute atomic E-state index is 0.0367. The first-order valence-electron chi connectivity index (χ1n) is 18.5. The Hall–Kier alpha value is -3.76. The summed E-state index contributed by atoms with van der Waals surface area (Å²) in [5.74, 6) is 0.838. The third kappa shape index (κ3) is 5.92. The van der Waals surface area contributed by atoms with Gasteiger partial charge in [0, 0.05) is 59.8 Å². The normalized spacial score (nSPS) is 32.1. The van der Waals surface area contributed by atoms with Gasteiger partial charge in [-0.05, 0) is 98.1 Å². The Morgan fingerprint density at radius 2 is 1.90 bits per heavy atom. The van der Waals surface area contributed by atoms with Crippen LogP contribution in [0.3, 0.4) is 0 Å². The minimum Gasteiger partial charge on any atom is -0.508 e. The summed E-state index contributed by atoms with van der Waals surface area (Å²) in [4.78, 5) is 3.06. The van der Waals surface area contributed by atoms with Gasteiger partial charge in [-0.25, -0.2) is 0 Å². The van der Waals surface area contributed by atoms with Crippen molar-refractivity contribution in [1.29, 1.82) is 0 Å². The minimum atomic E-state index is -0.634. The second kappa shape index (κ2) is 13.8. The summed E-state index contributed by atoms with van der Waals surface area (Å²) >= 11 is 0. The van der Waals surface area contributed by atoms with E-state index in [1.54, 1.807) is 0 Å². The van der Waals surface area contributed by atoms with Crippen LogP contribution in [-0.4, -0.2) is 62.4 Å². The molecule has 3 aliphatic carbocycles. The van der Waals surface area contributed by atoms with Gasteiger partial charge >= 0.3 is 0 Å². The number of aromatic amines is 1.